The van der Waals surface area contributed by atoms with E-state index < -0.39 is 0 Å². The maximum Gasteiger partial charge on any atom is 0.355 e. The Balaban J connectivity index is 1.40. The standard InChI is InChI=1S/C27H26N4O3/c1-18-5-4-6-26(31-27(32)30(2)28-29-31)25(18)17-34-24-14-11-20-7-8-21(15-22(20)16-24)19-9-12-23(33-3)13-10-19/h4-16,28-29H,17H2,1-3H3. The second-order valence-electron chi connectivity index (χ2n) is 8.21. The van der Waals surface area contributed by atoms with Gasteiger partial charge in [0.1, 0.15) is 18.1 Å². The molecule has 0 spiro atoms. The molecule has 1 aliphatic rings. The third kappa shape index (κ3) is 4.14. The van der Waals surface area contributed by atoms with Crippen LogP contribution in [0.2, 0.25) is 0 Å². The molecule has 5 rings (SSSR count). The van der Waals surface area contributed by atoms with E-state index in [1.54, 1.807) is 14.2 Å². The van der Waals surface area contributed by atoms with Crippen LogP contribution in [-0.2, 0) is 6.61 Å². The highest BCUT2D eigenvalue weighted by molar-refractivity contribution is 5.93. The number of carbonyl (C=O) groups is 1. The zero-order valence-electron chi connectivity index (χ0n) is 19.3. The van der Waals surface area contributed by atoms with Crippen LogP contribution in [0.1, 0.15) is 11.1 Å². The van der Waals surface area contributed by atoms with Gasteiger partial charge in [0.05, 0.1) is 12.8 Å². The highest BCUT2D eigenvalue weighted by atomic mass is 16.5. The number of carbonyl (C=O) groups excluding carboxylic acids is 1. The van der Waals surface area contributed by atoms with Gasteiger partial charge in [0.2, 0.25) is 0 Å². The van der Waals surface area contributed by atoms with Gasteiger partial charge in [-0.1, -0.05) is 42.5 Å². The molecule has 1 saturated heterocycles. The van der Waals surface area contributed by atoms with Crippen LogP contribution in [0.15, 0.2) is 78.9 Å². The molecule has 2 N–H and O–H groups in total. The fourth-order valence-corrected chi connectivity index (χ4v) is 4.05. The molecule has 7 heteroatoms. The quantitative estimate of drug-likeness (QED) is 0.419. The summed E-state index contributed by atoms with van der Waals surface area (Å²) in [5.74, 6) is 1.61. The van der Waals surface area contributed by atoms with Gasteiger partial charge in [0.15, 0.2) is 0 Å². The summed E-state index contributed by atoms with van der Waals surface area (Å²) >= 11 is 0. The summed E-state index contributed by atoms with van der Waals surface area (Å²) in [6, 6.07) is 26.2. The number of urea groups is 1. The molecular weight excluding hydrogens is 428 g/mol. The first-order valence-corrected chi connectivity index (χ1v) is 11.0. The SMILES string of the molecule is COc1ccc(-c2ccc3ccc(OCc4c(C)cccc4N4NNN(C)C4=O)cc3c2)cc1. The van der Waals surface area contributed by atoms with Gasteiger partial charge >= 0.3 is 6.03 Å². The van der Waals surface area contributed by atoms with Crippen molar-refractivity contribution in [2.75, 3.05) is 19.2 Å². The lowest BCUT2D eigenvalue weighted by Gasteiger charge is -2.20. The summed E-state index contributed by atoms with van der Waals surface area (Å²) in [6.07, 6.45) is 0. The van der Waals surface area contributed by atoms with E-state index in [-0.39, 0.29) is 6.03 Å². The van der Waals surface area contributed by atoms with Gasteiger partial charge in [-0.2, -0.15) is 0 Å². The molecule has 34 heavy (non-hydrogen) atoms. The van der Waals surface area contributed by atoms with Crippen LogP contribution in [0.5, 0.6) is 11.5 Å². The normalized spacial score (nSPS) is 13.6. The van der Waals surface area contributed by atoms with Gasteiger partial charge in [-0.05, 0) is 70.8 Å². The Morgan fingerprint density at radius 1 is 0.824 bits per heavy atom. The number of hydrogen-bond acceptors (Lipinski definition) is 5. The maximum atomic E-state index is 12.5. The Morgan fingerprint density at radius 2 is 1.56 bits per heavy atom. The number of aryl methyl sites for hydroxylation is 1. The van der Waals surface area contributed by atoms with E-state index in [0.29, 0.717) is 6.61 Å². The smallest absolute Gasteiger partial charge is 0.355 e. The van der Waals surface area contributed by atoms with Crippen LogP contribution in [-0.4, -0.2) is 25.2 Å². The van der Waals surface area contributed by atoms with Crippen LogP contribution < -0.4 is 25.6 Å². The van der Waals surface area contributed by atoms with Crippen LogP contribution in [0.4, 0.5) is 10.5 Å². The van der Waals surface area contributed by atoms with Crippen molar-refractivity contribution in [1.82, 2.24) is 16.1 Å². The lowest BCUT2D eigenvalue weighted by atomic mass is 10.0. The molecular formula is C27H26N4O3. The Labute approximate surface area is 198 Å². The van der Waals surface area contributed by atoms with Crippen molar-refractivity contribution in [3.63, 3.8) is 0 Å². The second kappa shape index (κ2) is 9.05. The fourth-order valence-electron chi connectivity index (χ4n) is 4.05. The highest BCUT2D eigenvalue weighted by Gasteiger charge is 2.28. The summed E-state index contributed by atoms with van der Waals surface area (Å²) in [7, 11) is 3.33. The third-order valence-electron chi connectivity index (χ3n) is 6.05. The molecule has 0 aliphatic carbocycles. The van der Waals surface area contributed by atoms with Gasteiger partial charge in [-0.15, -0.1) is 11.1 Å². The van der Waals surface area contributed by atoms with E-state index in [2.05, 4.69) is 53.5 Å². The number of ether oxygens (including phenoxy) is 2. The zero-order chi connectivity index (χ0) is 23.7. The predicted octanol–water partition coefficient (Wildman–Crippen LogP) is 5.20. The van der Waals surface area contributed by atoms with Gasteiger partial charge in [-0.25, -0.2) is 14.8 Å². The van der Waals surface area contributed by atoms with Crippen LogP contribution in [0.3, 0.4) is 0 Å². The number of methoxy groups -OCH3 is 1. The van der Waals surface area contributed by atoms with Crippen molar-refractivity contribution in [2.45, 2.75) is 13.5 Å². The number of rotatable bonds is 6. The molecule has 0 aromatic heterocycles. The molecule has 0 bridgehead atoms. The largest absolute Gasteiger partial charge is 0.497 e. The lowest BCUT2D eigenvalue weighted by molar-refractivity contribution is 0.214. The molecule has 0 atom stereocenters. The van der Waals surface area contributed by atoms with Crippen LogP contribution in [0, 0.1) is 6.92 Å². The summed E-state index contributed by atoms with van der Waals surface area (Å²) < 4.78 is 11.5. The van der Waals surface area contributed by atoms with E-state index in [0.717, 1.165) is 50.2 Å². The molecule has 1 fully saturated rings. The summed E-state index contributed by atoms with van der Waals surface area (Å²) in [4.78, 5) is 12.5. The predicted molar refractivity (Wildman–Crippen MR) is 133 cm³/mol. The Kier molecular flexibility index (Phi) is 5.79. The number of anilines is 1. The van der Waals surface area contributed by atoms with Gasteiger partial charge in [0, 0.05) is 12.6 Å². The molecule has 7 nitrogen and oxygen atoms in total. The Morgan fingerprint density at radius 3 is 2.29 bits per heavy atom. The minimum absolute atomic E-state index is 0.191. The highest BCUT2D eigenvalue weighted by Crippen LogP contribution is 2.30. The van der Waals surface area contributed by atoms with Crippen molar-refractivity contribution in [3.05, 3.63) is 90.0 Å². The third-order valence-corrected chi connectivity index (χ3v) is 6.05. The number of nitrogens with zero attached hydrogens (tertiary/aromatic N) is 2. The molecule has 1 heterocycles. The molecule has 0 unspecified atom stereocenters. The molecule has 1 aliphatic heterocycles. The van der Waals surface area contributed by atoms with Gasteiger partial charge in [0.25, 0.3) is 0 Å². The first-order chi connectivity index (χ1) is 16.5. The van der Waals surface area contributed by atoms with Gasteiger partial charge < -0.3 is 9.47 Å². The van der Waals surface area contributed by atoms with Crippen LogP contribution in [0.25, 0.3) is 21.9 Å². The van der Waals surface area contributed by atoms with E-state index in [1.165, 1.54) is 10.0 Å². The molecule has 0 saturated carbocycles. The van der Waals surface area contributed by atoms with Crippen molar-refractivity contribution in [1.29, 1.82) is 0 Å². The average molecular weight is 455 g/mol. The summed E-state index contributed by atoms with van der Waals surface area (Å²) in [6.45, 7) is 2.35. The topological polar surface area (TPSA) is 66.1 Å². The average Bonchev–Trinajstić information content (AvgIpc) is 3.20. The van der Waals surface area contributed by atoms with Crippen LogP contribution >= 0.6 is 0 Å². The maximum absolute atomic E-state index is 12.5. The number of hydrogen-bond donors (Lipinski definition) is 2. The molecule has 0 radical (unpaired) electrons. The Bertz CT molecular complexity index is 1350. The molecule has 4 aromatic rings. The van der Waals surface area contributed by atoms with Crippen molar-refractivity contribution in [3.8, 4) is 22.6 Å². The van der Waals surface area contributed by atoms with Crippen molar-refractivity contribution < 1.29 is 14.3 Å². The minimum Gasteiger partial charge on any atom is -0.497 e. The van der Waals surface area contributed by atoms with Crippen molar-refractivity contribution in [2.24, 2.45) is 0 Å². The monoisotopic (exact) mass is 454 g/mol. The van der Waals surface area contributed by atoms with E-state index in [4.69, 9.17) is 9.47 Å². The first-order valence-electron chi connectivity index (χ1n) is 11.0. The minimum atomic E-state index is -0.191. The van der Waals surface area contributed by atoms with Crippen molar-refractivity contribution >= 4 is 22.5 Å². The van der Waals surface area contributed by atoms with E-state index in [9.17, 15) is 4.79 Å². The number of benzene rings is 4. The summed E-state index contributed by atoms with van der Waals surface area (Å²) in [5, 5.41) is 5.10. The fraction of sp³-hybridized carbons (Fsp3) is 0.148. The number of amides is 2. The number of hydrazine groups is 3. The van der Waals surface area contributed by atoms with E-state index >= 15 is 0 Å². The summed E-state index contributed by atoms with van der Waals surface area (Å²) in [5.41, 5.74) is 10.7. The molecule has 4 aromatic carbocycles. The zero-order valence-corrected chi connectivity index (χ0v) is 19.3. The van der Waals surface area contributed by atoms with E-state index in [1.807, 2.05) is 43.3 Å². The molecule has 172 valence electrons. The second-order valence-corrected chi connectivity index (χ2v) is 8.21. The number of fused-ring (bicyclic) bond motifs is 1. The lowest BCUT2D eigenvalue weighted by Crippen LogP contribution is -2.38. The first kappa shape index (κ1) is 21.8. The number of nitrogens with one attached hydrogen (secondary N) is 2. The molecule has 2 amide bonds. The van der Waals surface area contributed by atoms with Gasteiger partial charge in [-0.3, -0.25) is 0 Å². The Hall–Kier alpha value is -4.07.